The molecule has 0 radical (unpaired) electrons. The Bertz CT molecular complexity index is 426. The number of nitrogens with zero attached hydrogens (tertiary/aromatic N) is 2. The molecule has 0 saturated carbocycles. The Labute approximate surface area is 94.8 Å². The molecule has 1 aromatic rings. The van der Waals surface area contributed by atoms with E-state index in [0.29, 0.717) is 5.56 Å². The minimum absolute atomic E-state index is 0.0296. The van der Waals surface area contributed by atoms with Crippen LogP contribution in [0.4, 0.5) is 5.69 Å². The van der Waals surface area contributed by atoms with Crippen LogP contribution in [-0.4, -0.2) is 31.3 Å². The number of aliphatic imine (C=N–C) groups is 1. The zero-order valence-electron chi connectivity index (χ0n) is 9.26. The molecular formula is C12H15N3O. The van der Waals surface area contributed by atoms with Crippen molar-refractivity contribution >= 4 is 17.8 Å². The van der Waals surface area contributed by atoms with Crippen molar-refractivity contribution in [2.75, 3.05) is 18.0 Å². The maximum atomic E-state index is 11.7. The molecule has 0 bridgehead atoms. The van der Waals surface area contributed by atoms with Gasteiger partial charge in [0, 0.05) is 17.8 Å². The van der Waals surface area contributed by atoms with Crippen LogP contribution in [0.1, 0.15) is 17.3 Å². The fourth-order valence-electron chi connectivity index (χ4n) is 1.68. The third-order valence-corrected chi connectivity index (χ3v) is 2.57. The summed E-state index contributed by atoms with van der Waals surface area (Å²) in [5.74, 6) is -0.0296. The van der Waals surface area contributed by atoms with Crippen molar-refractivity contribution in [1.29, 1.82) is 0 Å². The van der Waals surface area contributed by atoms with Gasteiger partial charge in [0.2, 0.25) is 0 Å². The van der Waals surface area contributed by atoms with Gasteiger partial charge in [-0.3, -0.25) is 9.79 Å². The highest BCUT2D eigenvalue weighted by molar-refractivity contribution is 6.00. The predicted octanol–water partition coefficient (Wildman–Crippen LogP) is 1.06. The van der Waals surface area contributed by atoms with Crippen LogP contribution in [0.5, 0.6) is 0 Å². The van der Waals surface area contributed by atoms with Gasteiger partial charge in [-0.25, -0.2) is 0 Å². The van der Waals surface area contributed by atoms with E-state index >= 15 is 0 Å². The molecule has 1 unspecified atom stereocenters. The molecule has 4 nitrogen and oxygen atoms in total. The van der Waals surface area contributed by atoms with E-state index in [1.54, 1.807) is 19.3 Å². The SMILES string of the molecule is CC(N)C(=O)c1cccc(N2C=NCC2)c1. The van der Waals surface area contributed by atoms with Crippen molar-refractivity contribution < 1.29 is 4.79 Å². The molecule has 0 spiro atoms. The van der Waals surface area contributed by atoms with Crippen LogP contribution in [0.2, 0.25) is 0 Å². The zero-order valence-corrected chi connectivity index (χ0v) is 9.26. The van der Waals surface area contributed by atoms with Crippen LogP contribution in [-0.2, 0) is 0 Å². The molecule has 0 saturated heterocycles. The molecule has 0 aliphatic carbocycles. The average Bonchev–Trinajstić information content (AvgIpc) is 2.81. The lowest BCUT2D eigenvalue weighted by atomic mass is 10.1. The second-order valence-electron chi connectivity index (χ2n) is 3.92. The van der Waals surface area contributed by atoms with Gasteiger partial charge in [-0.15, -0.1) is 0 Å². The zero-order chi connectivity index (χ0) is 11.5. The first kappa shape index (κ1) is 10.8. The Morgan fingerprint density at radius 3 is 3.00 bits per heavy atom. The van der Waals surface area contributed by atoms with Crippen molar-refractivity contribution in [2.24, 2.45) is 10.7 Å². The van der Waals surface area contributed by atoms with Crippen LogP contribution in [0, 0.1) is 0 Å². The summed E-state index contributed by atoms with van der Waals surface area (Å²) in [6.45, 7) is 3.38. The molecule has 1 aliphatic heterocycles. The number of rotatable bonds is 3. The fourth-order valence-corrected chi connectivity index (χ4v) is 1.68. The average molecular weight is 217 g/mol. The number of hydrogen-bond acceptors (Lipinski definition) is 4. The lowest BCUT2D eigenvalue weighted by molar-refractivity contribution is 0.0968. The Morgan fingerprint density at radius 2 is 2.38 bits per heavy atom. The van der Waals surface area contributed by atoms with Gasteiger partial charge < -0.3 is 10.6 Å². The van der Waals surface area contributed by atoms with Crippen molar-refractivity contribution in [2.45, 2.75) is 13.0 Å². The van der Waals surface area contributed by atoms with Crippen LogP contribution in [0.25, 0.3) is 0 Å². The molecule has 16 heavy (non-hydrogen) atoms. The molecule has 2 N–H and O–H groups in total. The number of benzene rings is 1. The standard InChI is InChI=1S/C12H15N3O/c1-9(13)12(16)10-3-2-4-11(7-10)15-6-5-14-8-15/h2-4,7-9H,5-6,13H2,1H3. The molecule has 84 valence electrons. The molecule has 2 rings (SSSR count). The maximum absolute atomic E-state index is 11.7. The van der Waals surface area contributed by atoms with E-state index in [1.165, 1.54) is 0 Å². The molecule has 1 atom stereocenters. The minimum atomic E-state index is -0.456. The number of carbonyl (C=O) groups is 1. The topological polar surface area (TPSA) is 58.7 Å². The predicted molar refractivity (Wildman–Crippen MR) is 65.1 cm³/mol. The molecule has 1 aliphatic rings. The quantitative estimate of drug-likeness (QED) is 0.770. The Kier molecular flexibility index (Phi) is 3.01. The van der Waals surface area contributed by atoms with Gasteiger partial charge in [-0.2, -0.15) is 0 Å². The highest BCUT2D eigenvalue weighted by atomic mass is 16.1. The summed E-state index contributed by atoms with van der Waals surface area (Å²) in [5, 5.41) is 0. The lowest BCUT2D eigenvalue weighted by Gasteiger charge is -2.15. The fraction of sp³-hybridized carbons (Fsp3) is 0.333. The van der Waals surface area contributed by atoms with Gasteiger partial charge in [-0.05, 0) is 19.1 Å². The second kappa shape index (κ2) is 4.45. The number of Topliss-reactive ketones (excluding diaryl/α,β-unsaturated/α-hetero) is 1. The molecule has 4 heteroatoms. The largest absolute Gasteiger partial charge is 0.331 e. The number of anilines is 1. The highest BCUT2D eigenvalue weighted by Crippen LogP contribution is 2.17. The van der Waals surface area contributed by atoms with Gasteiger partial charge in [0.15, 0.2) is 5.78 Å². The second-order valence-corrected chi connectivity index (χ2v) is 3.92. The van der Waals surface area contributed by atoms with E-state index in [1.807, 2.05) is 23.1 Å². The number of hydrogen-bond donors (Lipinski definition) is 1. The molecule has 1 aromatic carbocycles. The summed E-state index contributed by atoms with van der Waals surface area (Å²) < 4.78 is 0. The van der Waals surface area contributed by atoms with E-state index in [-0.39, 0.29) is 5.78 Å². The summed E-state index contributed by atoms with van der Waals surface area (Å²) in [4.78, 5) is 17.9. The van der Waals surface area contributed by atoms with Crippen molar-refractivity contribution in [3.8, 4) is 0 Å². The van der Waals surface area contributed by atoms with Crippen LogP contribution < -0.4 is 10.6 Å². The first-order chi connectivity index (χ1) is 7.68. The monoisotopic (exact) mass is 217 g/mol. The molecule has 0 aromatic heterocycles. The van der Waals surface area contributed by atoms with Gasteiger partial charge in [0.25, 0.3) is 0 Å². The normalized spacial score (nSPS) is 16.5. The van der Waals surface area contributed by atoms with Gasteiger partial charge >= 0.3 is 0 Å². The molecule has 0 fully saturated rings. The third kappa shape index (κ3) is 2.12. The van der Waals surface area contributed by atoms with E-state index < -0.39 is 6.04 Å². The molecule has 1 heterocycles. The number of ketones is 1. The highest BCUT2D eigenvalue weighted by Gasteiger charge is 2.13. The van der Waals surface area contributed by atoms with Crippen LogP contribution >= 0.6 is 0 Å². The molecular weight excluding hydrogens is 202 g/mol. The van der Waals surface area contributed by atoms with Crippen molar-refractivity contribution in [3.05, 3.63) is 29.8 Å². The van der Waals surface area contributed by atoms with Crippen molar-refractivity contribution in [1.82, 2.24) is 0 Å². The smallest absolute Gasteiger partial charge is 0.179 e. The van der Waals surface area contributed by atoms with Crippen LogP contribution in [0.15, 0.2) is 29.3 Å². The summed E-state index contributed by atoms with van der Waals surface area (Å²) in [7, 11) is 0. The Hall–Kier alpha value is -1.68. The maximum Gasteiger partial charge on any atom is 0.179 e. The summed E-state index contributed by atoms with van der Waals surface area (Å²) in [6, 6.07) is 7.04. The lowest BCUT2D eigenvalue weighted by Crippen LogP contribution is -2.27. The minimum Gasteiger partial charge on any atom is -0.331 e. The van der Waals surface area contributed by atoms with E-state index in [9.17, 15) is 4.79 Å². The third-order valence-electron chi connectivity index (χ3n) is 2.57. The summed E-state index contributed by atoms with van der Waals surface area (Å²) in [6.07, 6.45) is 1.80. The van der Waals surface area contributed by atoms with E-state index in [2.05, 4.69) is 4.99 Å². The van der Waals surface area contributed by atoms with Gasteiger partial charge in [0.05, 0.1) is 18.9 Å². The van der Waals surface area contributed by atoms with Crippen LogP contribution in [0.3, 0.4) is 0 Å². The molecule has 0 amide bonds. The first-order valence-electron chi connectivity index (χ1n) is 5.35. The van der Waals surface area contributed by atoms with Gasteiger partial charge in [0.1, 0.15) is 0 Å². The van der Waals surface area contributed by atoms with Gasteiger partial charge in [-0.1, -0.05) is 12.1 Å². The Morgan fingerprint density at radius 1 is 1.56 bits per heavy atom. The number of nitrogens with two attached hydrogens (primary N) is 1. The summed E-state index contributed by atoms with van der Waals surface area (Å²) in [5.41, 5.74) is 7.24. The summed E-state index contributed by atoms with van der Waals surface area (Å²) >= 11 is 0. The first-order valence-corrected chi connectivity index (χ1v) is 5.35. The van der Waals surface area contributed by atoms with E-state index in [4.69, 9.17) is 5.73 Å². The van der Waals surface area contributed by atoms with Crippen molar-refractivity contribution in [3.63, 3.8) is 0 Å². The Balaban J connectivity index is 2.25. The number of carbonyl (C=O) groups excluding carboxylic acids is 1. The van der Waals surface area contributed by atoms with E-state index in [0.717, 1.165) is 18.8 Å².